The van der Waals surface area contributed by atoms with Crippen LogP contribution in [0, 0.1) is 0 Å². The van der Waals surface area contributed by atoms with Gasteiger partial charge in [0.25, 0.3) is 0 Å². The third-order valence-electron chi connectivity index (χ3n) is 4.59. The maximum atomic E-state index is 5.28. The van der Waals surface area contributed by atoms with Gasteiger partial charge >= 0.3 is 0 Å². The largest absolute Gasteiger partial charge is 0.497 e. The van der Waals surface area contributed by atoms with E-state index in [1.54, 1.807) is 7.11 Å². The highest BCUT2D eigenvalue weighted by Gasteiger charge is 2.24. The van der Waals surface area contributed by atoms with Crippen molar-refractivity contribution in [3.05, 3.63) is 65.4 Å². The Bertz CT molecular complexity index is 789. The molecule has 2 N–H and O–H groups in total. The van der Waals surface area contributed by atoms with Gasteiger partial charge in [0, 0.05) is 42.0 Å². The molecule has 0 amide bonds. The fourth-order valence-corrected chi connectivity index (χ4v) is 3.50. The Morgan fingerprint density at radius 1 is 1.05 bits per heavy atom. The van der Waals surface area contributed by atoms with E-state index >= 15 is 0 Å². The Labute approximate surface area is 130 Å². The Morgan fingerprint density at radius 2 is 1.86 bits per heavy atom. The number of hydrogen-bond acceptors (Lipinski definition) is 2. The molecular weight excluding hydrogens is 272 g/mol. The fraction of sp³-hybridized carbons (Fsp3) is 0.263. The summed E-state index contributed by atoms with van der Waals surface area (Å²) in [4.78, 5) is 3.61. The summed E-state index contributed by atoms with van der Waals surface area (Å²) in [6.07, 6.45) is 1.05. The van der Waals surface area contributed by atoms with E-state index in [1.165, 1.54) is 27.7 Å². The minimum atomic E-state index is 0.375. The van der Waals surface area contributed by atoms with Crippen molar-refractivity contribution in [3.63, 3.8) is 0 Å². The first-order valence-electron chi connectivity index (χ1n) is 7.81. The topological polar surface area (TPSA) is 37.0 Å². The van der Waals surface area contributed by atoms with Gasteiger partial charge in [-0.05, 0) is 29.3 Å². The lowest BCUT2D eigenvalue weighted by Crippen LogP contribution is -2.21. The molecule has 1 aromatic heterocycles. The second-order valence-corrected chi connectivity index (χ2v) is 5.84. The first-order valence-corrected chi connectivity index (χ1v) is 7.81. The standard InChI is InChI=1S/C19H20N2O/c1-22-14-8-6-13(7-9-14)16-12-20-11-10-18-19(16)15-4-2-3-5-17(15)21-18/h2-9,16,20-21H,10-12H2,1H3. The normalized spacial score (nSPS) is 18.0. The highest BCUT2D eigenvalue weighted by molar-refractivity contribution is 5.86. The molecule has 0 aliphatic carbocycles. The van der Waals surface area contributed by atoms with E-state index in [2.05, 4.69) is 58.8 Å². The molecule has 3 nitrogen and oxygen atoms in total. The van der Waals surface area contributed by atoms with Gasteiger partial charge in [-0.2, -0.15) is 0 Å². The predicted octanol–water partition coefficient (Wildman–Crippen LogP) is 3.45. The maximum absolute atomic E-state index is 5.28. The van der Waals surface area contributed by atoms with Crippen LogP contribution in [0.5, 0.6) is 5.75 Å². The Kier molecular flexibility index (Phi) is 3.35. The zero-order chi connectivity index (χ0) is 14.9. The van der Waals surface area contributed by atoms with Crippen molar-refractivity contribution in [2.45, 2.75) is 12.3 Å². The number of para-hydroxylation sites is 1. The molecule has 1 aliphatic heterocycles. The molecule has 0 saturated carbocycles. The number of hydrogen-bond donors (Lipinski definition) is 2. The number of benzene rings is 2. The van der Waals surface area contributed by atoms with Crippen LogP contribution >= 0.6 is 0 Å². The van der Waals surface area contributed by atoms with Crippen molar-refractivity contribution in [2.24, 2.45) is 0 Å². The van der Waals surface area contributed by atoms with Crippen LogP contribution in [0.1, 0.15) is 22.7 Å². The van der Waals surface area contributed by atoms with Gasteiger partial charge < -0.3 is 15.0 Å². The van der Waals surface area contributed by atoms with Crippen LogP contribution in [0.4, 0.5) is 0 Å². The minimum Gasteiger partial charge on any atom is -0.497 e. The molecule has 3 heteroatoms. The average Bonchev–Trinajstić information content (AvgIpc) is 2.81. The number of nitrogens with one attached hydrogen (secondary N) is 2. The van der Waals surface area contributed by atoms with Crippen LogP contribution in [0.3, 0.4) is 0 Å². The van der Waals surface area contributed by atoms with Gasteiger partial charge in [0.1, 0.15) is 5.75 Å². The number of aromatic amines is 1. The fourth-order valence-electron chi connectivity index (χ4n) is 3.50. The smallest absolute Gasteiger partial charge is 0.118 e. The zero-order valence-corrected chi connectivity index (χ0v) is 12.7. The molecule has 112 valence electrons. The van der Waals surface area contributed by atoms with E-state index in [0.717, 1.165) is 25.3 Å². The lowest BCUT2D eigenvalue weighted by Gasteiger charge is -2.17. The number of fused-ring (bicyclic) bond motifs is 3. The van der Waals surface area contributed by atoms with Crippen LogP contribution in [0.15, 0.2) is 48.5 Å². The highest BCUT2D eigenvalue weighted by Crippen LogP contribution is 2.35. The molecule has 0 saturated heterocycles. The minimum absolute atomic E-state index is 0.375. The van der Waals surface area contributed by atoms with E-state index in [-0.39, 0.29) is 0 Å². The summed E-state index contributed by atoms with van der Waals surface area (Å²) < 4.78 is 5.28. The molecule has 3 aromatic rings. The molecule has 0 radical (unpaired) electrons. The van der Waals surface area contributed by atoms with Crippen LogP contribution in [-0.4, -0.2) is 25.2 Å². The van der Waals surface area contributed by atoms with E-state index in [0.29, 0.717) is 5.92 Å². The van der Waals surface area contributed by atoms with E-state index < -0.39 is 0 Å². The zero-order valence-electron chi connectivity index (χ0n) is 12.7. The Hall–Kier alpha value is -2.26. The van der Waals surface area contributed by atoms with E-state index in [4.69, 9.17) is 4.74 Å². The summed E-state index contributed by atoms with van der Waals surface area (Å²) in [5.74, 6) is 1.28. The molecular formula is C19H20N2O. The number of aromatic nitrogens is 1. The second kappa shape index (κ2) is 5.50. The summed E-state index contributed by atoms with van der Waals surface area (Å²) in [6.45, 7) is 1.99. The summed E-state index contributed by atoms with van der Waals surface area (Å²) in [6, 6.07) is 17.1. The van der Waals surface area contributed by atoms with Gasteiger partial charge in [0.2, 0.25) is 0 Å². The van der Waals surface area contributed by atoms with Gasteiger partial charge in [0.05, 0.1) is 7.11 Å². The van der Waals surface area contributed by atoms with Crippen molar-refractivity contribution in [2.75, 3.05) is 20.2 Å². The summed E-state index contributed by atoms with van der Waals surface area (Å²) >= 11 is 0. The molecule has 1 aliphatic rings. The van der Waals surface area contributed by atoms with E-state index in [9.17, 15) is 0 Å². The lowest BCUT2D eigenvalue weighted by molar-refractivity contribution is 0.414. The predicted molar refractivity (Wildman–Crippen MR) is 89.7 cm³/mol. The lowest BCUT2D eigenvalue weighted by atomic mass is 9.89. The Morgan fingerprint density at radius 3 is 2.68 bits per heavy atom. The SMILES string of the molecule is COc1ccc(C2CNCCc3[nH]c4ccccc4c32)cc1. The summed E-state index contributed by atoms with van der Waals surface area (Å²) in [5.41, 5.74) is 5.40. The highest BCUT2D eigenvalue weighted by atomic mass is 16.5. The van der Waals surface area contributed by atoms with Gasteiger partial charge in [-0.25, -0.2) is 0 Å². The first-order chi connectivity index (χ1) is 10.9. The molecule has 1 unspecified atom stereocenters. The van der Waals surface area contributed by atoms with Crippen LogP contribution in [0.25, 0.3) is 10.9 Å². The van der Waals surface area contributed by atoms with Crippen molar-refractivity contribution < 1.29 is 4.74 Å². The average molecular weight is 292 g/mol. The third kappa shape index (κ3) is 2.18. The van der Waals surface area contributed by atoms with Crippen molar-refractivity contribution >= 4 is 10.9 Å². The maximum Gasteiger partial charge on any atom is 0.118 e. The van der Waals surface area contributed by atoms with Crippen LogP contribution in [-0.2, 0) is 6.42 Å². The second-order valence-electron chi connectivity index (χ2n) is 5.84. The molecule has 0 spiro atoms. The van der Waals surface area contributed by atoms with E-state index in [1.807, 2.05) is 0 Å². The molecule has 0 fully saturated rings. The number of H-pyrrole nitrogens is 1. The summed E-state index contributed by atoms with van der Waals surface area (Å²) in [7, 11) is 1.71. The number of ether oxygens (including phenoxy) is 1. The first kappa shape index (κ1) is 13.4. The van der Waals surface area contributed by atoms with Crippen LogP contribution < -0.4 is 10.1 Å². The van der Waals surface area contributed by atoms with Crippen molar-refractivity contribution in [3.8, 4) is 5.75 Å². The quantitative estimate of drug-likeness (QED) is 0.759. The Balaban J connectivity index is 1.86. The third-order valence-corrected chi connectivity index (χ3v) is 4.59. The van der Waals surface area contributed by atoms with Crippen molar-refractivity contribution in [1.29, 1.82) is 0 Å². The monoisotopic (exact) mass is 292 g/mol. The van der Waals surface area contributed by atoms with Crippen LogP contribution in [0.2, 0.25) is 0 Å². The van der Waals surface area contributed by atoms with Gasteiger partial charge in [0.15, 0.2) is 0 Å². The van der Waals surface area contributed by atoms with Gasteiger partial charge in [-0.1, -0.05) is 30.3 Å². The molecule has 2 aromatic carbocycles. The van der Waals surface area contributed by atoms with Gasteiger partial charge in [-0.3, -0.25) is 0 Å². The molecule has 0 bridgehead atoms. The van der Waals surface area contributed by atoms with Gasteiger partial charge in [-0.15, -0.1) is 0 Å². The number of rotatable bonds is 2. The molecule has 22 heavy (non-hydrogen) atoms. The molecule has 2 heterocycles. The molecule has 1 atom stereocenters. The summed E-state index contributed by atoms with van der Waals surface area (Å²) in [5, 5.41) is 4.92. The number of methoxy groups -OCH3 is 1. The molecule has 4 rings (SSSR count). The van der Waals surface area contributed by atoms with Crippen molar-refractivity contribution in [1.82, 2.24) is 10.3 Å².